The van der Waals surface area contributed by atoms with Gasteiger partial charge in [-0.05, 0) is 42.8 Å². The third-order valence-corrected chi connectivity index (χ3v) is 3.74. The molecule has 0 bridgehead atoms. The topological polar surface area (TPSA) is 61.7 Å². The summed E-state index contributed by atoms with van der Waals surface area (Å²) in [5.41, 5.74) is 1.21. The molecule has 2 rings (SSSR count). The molecule has 0 aliphatic rings. The molecule has 0 radical (unpaired) electrons. The van der Waals surface area contributed by atoms with E-state index in [1.54, 1.807) is 24.3 Å². The molecule has 4 nitrogen and oxygen atoms in total. The van der Waals surface area contributed by atoms with E-state index < -0.39 is 11.9 Å². The molecule has 2 aromatic rings. The van der Waals surface area contributed by atoms with Crippen LogP contribution in [-0.4, -0.2) is 23.4 Å². The first kappa shape index (κ1) is 17.5. The van der Waals surface area contributed by atoms with Gasteiger partial charge in [-0.25, -0.2) is 4.39 Å². The number of phenolic OH excluding ortho intramolecular Hbond substituents is 1. The van der Waals surface area contributed by atoms with Crippen molar-refractivity contribution in [2.45, 2.75) is 19.5 Å². The molecule has 0 aliphatic heterocycles. The van der Waals surface area contributed by atoms with Crippen molar-refractivity contribution >= 4 is 11.6 Å². The van der Waals surface area contributed by atoms with Gasteiger partial charge in [0.05, 0.1) is 24.3 Å². The summed E-state index contributed by atoms with van der Waals surface area (Å²) in [5, 5.41) is 22.5. The van der Waals surface area contributed by atoms with Crippen molar-refractivity contribution in [1.29, 1.82) is 0 Å². The molecule has 1 atom stereocenters. The summed E-state index contributed by atoms with van der Waals surface area (Å²) in [6.45, 7) is 2.48. The number of benzene rings is 2. The first-order valence-electron chi connectivity index (χ1n) is 7.29. The highest BCUT2D eigenvalue weighted by Crippen LogP contribution is 2.25. The number of hydrogen-bond acceptors (Lipinski definition) is 4. The van der Waals surface area contributed by atoms with Gasteiger partial charge in [-0.15, -0.1) is 0 Å². The van der Waals surface area contributed by atoms with Crippen molar-refractivity contribution in [3.05, 3.63) is 58.4 Å². The molecule has 0 heterocycles. The van der Waals surface area contributed by atoms with E-state index in [9.17, 15) is 14.6 Å². The van der Waals surface area contributed by atoms with Gasteiger partial charge in [0.1, 0.15) is 17.3 Å². The van der Waals surface area contributed by atoms with Gasteiger partial charge < -0.3 is 20.3 Å². The Balaban J connectivity index is 2.11. The van der Waals surface area contributed by atoms with Crippen LogP contribution in [0.5, 0.6) is 11.5 Å². The quantitative estimate of drug-likeness (QED) is 0.723. The lowest BCUT2D eigenvalue weighted by molar-refractivity contribution is 0.243. The minimum atomic E-state index is -0.536. The van der Waals surface area contributed by atoms with Gasteiger partial charge in [-0.3, -0.25) is 0 Å². The average Bonchev–Trinajstić information content (AvgIpc) is 2.54. The normalized spacial score (nSPS) is 12.2. The van der Waals surface area contributed by atoms with Crippen molar-refractivity contribution in [1.82, 2.24) is 5.32 Å². The Morgan fingerprint density at radius 3 is 2.70 bits per heavy atom. The summed E-state index contributed by atoms with van der Waals surface area (Å²) in [6, 6.07) is 8.87. The van der Waals surface area contributed by atoms with E-state index in [4.69, 9.17) is 16.3 Å². The van der Waals surface area contributed by atoms with E-state index >= 15 is 0 Å². The summed E-state index contributed by atoms with van der Waals surface area (Å²) < 4.78 is 18.9. The molecule has 23 heavy (non-hydrogen) atoms. The molecule has 124 valence electrons. The number of nitrogens with one attached hydrogen (secondary N) is 1. The fraction of sp³-hybridized carbons (Fsp3) is 0.294. The SMILES string of the molecule is CCOc1ccc(O)c(CNC(CO)c2ccc(Cl)c(F)c2)c1. The van der Waals surface area contributed by atoms with E-state index in [2.05, 4.69) is 5.32 Å². The number of aliphatic hydroxyl groups excluding tert-OH is 1. The Morgan fingerprint density at radius 1 is 1.26 bits per heavy atom. The molecular formula is C17H19ClFNO3. The van der Waals surface area contributed by atoms with E-state index in [1.165, 1.54) is 12.1 Å². The highest BCUT2D eigenvalue weighted by atomic mass is 35.5. The highest BCUT2D eigenvalue weighted by Gasteiger charge is 2.13. The Kier molecular flexibility index (Phi) is 6.21. The second kappa shape index (κ2) is 8.15. The number of rotatable bonds is 7. The molecule has 6 heteroatoms. The van der Waals surface area contributed by atoms with Crippen LogP contribution < -0.4 is 10.1 Å². The number of ether oxygens (including phenoxy) is 1. The molecule has 0 amide bonds. The largest absolute Gasteiger partial charge is 0.508 e. The van der Waals surface area contributed by atoms with Crippen molar-refractivity contribution in [2.75, 3.05) is 13.2 Å². The molecule has 3 N–H and O–H groups in total. The van der Waals surface area contributed by atoms with Crippen molar-refractivity contribution in [3.8, 4) is 11.5 Å². The molecule has 0 aromatic heterocycles. The van der Waals surface area contributed by atoms with E-state index in [0.717, 1.165) is 0 Å². The molecule has 0 saturated heterocycles. The van der Waals surface area contributed by atoms with Crippen LogP contribution in [0, 0.1) is 5.82 Å². The van der Waals surface area contributed by atoms with Gasteiger partial charge in [0, 0.05) is 12.1 Å². The first-order chi connectivity index (χ1) is 11.0. The van der Waals surface area contributed by atoms with E-state index in [0.29, 0.717) is 30.0 Å². The maximum atomic E-state index is 13.5. The van der Waals surface area contributed by atoms with Crippen LogP contribution >= 0.6 is 11.6 Å². The third kappa shape index (κ3) is 4.58. The zero-order valence-corrected chi connectivity index (χ0v) is 13.5. The van der Waals surface area contributed by atoms with Crippen LogP contribution in [0.2, 0.25) is 5.02 Å². The molecule has 0 saturated carbocycles. The molecule has 0 fully saturated rings. The van der Waals surface area contributed by atoms with Gasteiger partial charge in [0.15, 0.2) is 0 Å². The van der Waals surface area contributed by atoms with Crippen molar-refractivity contribution in [2.24, 2.45) is 0 Å². The summed E-state index contributed by atoms with van der Waals surface area (Å²) in [5.74, 6) is 0.241. The zero-order chi connectivity index (χ0) is 16.8. The number of halogens is 2. The standard InChI is InChI=1S/C17H19ClFNO3/c1-2-23-13-4-6-17(22)12(7-13)9-20-16(10-21)11-3-5-14(18)15(19)8-11/h3-8,16,20-22H,2,9-10H2,1H3. The minimum absolute atomic E-state index is 0.0347. The third-order valence-electron chi connectivity index (χ3n) is 3.43. The van der Waals surface area contributed by atoms with Crippen molar-refractivity contribution in [3.63, 3.8) is 0 Å². The predicted molar refractivity (Wildman–Crippen MR) is 87.4 cm³/mol. The maximum Gasteiger partial charge on any atom is 0.142 e. The fourth-order valence-electron chi connectivity index (χ4n) is 2.21. The summed E-state index contributed by atoms with van der Waals surface area (Å²) in [4.78, 5) is 0. The lowest BCUT2D eigenvalue weighted by Gasteiger charge is -2.18. The number of aromatic hydroxyl groups is 1. The molecule has 0 aliphatic carbocycles. The lowest BCUT2D eigenvalue weighted by Crippen LogP contribution is -2.24. The Bertz CT molecular complexity index is 666. The minimum Gasteiger partial charge on any atom is -0.508 e. The van der Waals surface area contributed by atoms with Gasteiger partial charge in [0.2, 0.25) is 0 Å². The second-order valence-electron chi connectivity index (χ2n) is 5.01. The van der Waals surface area contributed by atoms with Crippen LogP contribution in [0.1, 0.15) is 24.1 Å². The molecule has 0 spiro atoms. The molecule has 1 unspecified atom stereocenters. The lowest BCUT2D eigenvalue weighted by atomic mass is 10.1. The Labute approximate surface area is 139 Å². The average molecular weight is 340 g/mol. The van der Waals surface area contributed by atoms with Crippen LogP contribution in [0.4, 0.5) is 4.39 Å². The predicted octanol–water partition coefficient (Wildman–Crippen LogP) is 3.41. The monoisotopic (exact) mass is 339 g/mol. The number of phenols is 1. The molecular weight excluding hydrogens is 321 g/mol. The summed E-state index contributed by atoms with van der Waals surface area (Å²) in [6.07, 6.45) is 0. The smallest absolute Gasteiger partial charge is 0.142 e. The number of aliphatic hydroxyl groups is 1. The second-order valence-corrected chi connectivity index (χ2v) is 5.42. The summed E-state index contributed by atoms with van der Waals surface area (Å²) >= 11 is 5.66. The zero-order valence-electron chi connectivity index (χ0n) is 12.7. The fourth-order valence-corrected chi connectivity index (χ4v) is 2.33. The maximum absolute atomic E-state index is 13.5. The number of hydrogen-bond donors (Lipinski definition) is 3. The van der Waals surface area contributed by atoms with Gasteiger partial charge >= 0.3 is 0 Å². The Morgan fingerprint density at radius 2 is 2.04 bits per heavy atom. The van der Waals surface area contributed by atoms with E-state index in [-0.39, 0.29) is 17.4 Å². The molecule has 2 aromatic carbocycles. The first-order valence-corrected chi connectivity index (χ1v) is 7.66. The van der Waals surface area contributed by atoms with Gasteiger partial charge in [-0.1, -0.05) is 17.7 Å². The van der Waals surface area contributed by atoms with Crippen LogP contribution in [0.15, 0.2) is 36.4 Å². The van der Waals surface area contributed by atoms with Gasteiger partial charge in [-0.2, -0.15) is 0 Å². The summed E-state index contributed by atoms with van der Waals surface area (Å²) in [7, 11) is 0. The van der Waals surface area contributed by atoms with Crippen LogP contribution in [0.3, 0.4) is 0 Å². The van der Waals surface area contributed by atoms with Crippen LogP contribution in [0.25, 0.3) is 0 Å². The Hall–Kier alpha value is -1.82. The van der Waals surface area contributed by atoms with Gasteiger partial charge in [0.25, 0.3) is 0 Å². The van der Waals surface area contributed by atoms with E-state index in [1.807, 2.05) is 6.92 Å². The van der Waals surface area contributed by atoms with Crippen LogP contribution in [-0.2, 0) is 6.54 Å². The highest BCUT2D eigenvalue weighted by molar-refractivity contribution is 6.30. The van der Waals surface area contributed by atoms with Crippen molar-refractivity contribution < 1.29 is 19.3 Å².